The Bertz CT molecular complexity index is 590. The van der Waals surface area contributed by atoms with Gasteiger partial charge in [0.05, 0.1) is 17.8 Å². The van der Waals surface area contributed by atoms with Gasteiger partial charge in [0.2, 0.25) is 0 Å². The standard InChI is InChI=1S/C15H14N2OS/c1-2-5-12(6-3-1)15(14-7-4-8-18-14)17-10-13-9-16-11-19-13/h1-9,11,15,17H,10H2. The van der Waals surface area contributed by atoms with Crippen LogP contribution in [0.2, 0.25) is 0 Å². The van der Waals surface area contributed by atoms with E-state index in [0.29, 0.717) is 0 Å². The van der Waals surface area contributed by atoms with Gasteiger partial charge >= 0.3 is 0 Å². The van der Waals surface area contributed by atoms with E-state index < -0.39 is 0 Å². The monoisotopic (exact) mass is 270 g/mol. The molecule has 1 unspecified atom stereocenters. The number of nitrogens with one attached hydrogen (secondary N) is 1. The first-order valence-electron chi connectivity index (χ1n) is 6.12. The SMILES string of the molecule is c1ccc(C(NCc2cncs2)c2ccco2)cc1. The van der Waals surface area contributed by atoms with Crippen molar-refractivity contribution in [3.63, 3.8) is 0 Å². The molecule has 0 amide bonds. The van der Waals surface area contributed by atoms with Crippen molar-refractivity contribution in [1.82, 2.24) is 10.3 Å². The van der Waals surface area contributed by atoms with Crippen LogP contribution in [0.5, 0.6) is 0 Å². The van der Waals surface area contributed by atoms with Gasteiger partial charge in [0.25, 0.3) is 0 Å². The van der Waals surface area contributed by atoms with Gasteiger partial charge in [-0.1, -0.05) is 30.3 Å². The quantitative estimate of drug-likeness (QED) is 0.769. The van der Waals surface area contributed by atoms with Crippen LogP contribution in [0.15, 0.2) is 64.9 Å². The van der Waals surface area contributed by atoms with E-state index in [1.54, 1.807) is 17.6 Å². The zero-order valence-electron chi connectivity index (χ0n) is 10.3. The number of furan rings is 1. The lowest BCUT2D eigenvalue weighted by atomic mass is 10.0. The van der Waals surface area contributed by atoms with E-state index in [0.717, 1.165) is 12.3 Å². The fourth-order valence-electron chi connectivity index (χ4n) is 2.02. The predicted molar refractivity (Wildman–Crippen MR) is 75.9 cm³/mol. The Labute approximate surface area is 115 Å². The van der Waals surface area contributed by atoms with E-state index in [9.17, 15) is 0 Å². The topological polar surface area (TPSA) is 38.1 Å². The summed E-state index contributed by atoms with van der Waals surface area (Å²) in [4.78, 5) is 5.31. The van der Waals surface area contributed by atoms with Crippen molar-refractivity contribution in [3.05, 3.63) is 76.6 Å². The third kappa shape index (κ3) is 2.92. The van der Waals surface area contributed by atoms with Crippen molar-refractivity contribution in [2.75, 3.05) is 0 Å². The fraction of sp³-hybridized carbons (Fsp3) is 0.133. The van der Waals surface area contributed by atoms with Gasteiger partial charge in [-0.2, -0.15) is 0 Å². The Morgan fingerprint density at radius 3 is 2.74 bits per heavy atom. The molecule has 0 aliphatic carbocycles. The Morgan fingerprint density at radius 2 is 2.05 bits per heavy atom. The lowest BCUT2D eigenvalue weighted by Gasteiger charge is -2.16. The van der Waals surface area contributed by atoms with Gasteiger partial charge in [-0.25, -0.2) is 0 Å². The van der Waals surface area contributed by atoms with Crippen molar-refractivity contribution in [3.8, 4) is 0 Å². The minimum Gasteiger partial charge on any atom is -0.467 e. The lowest BCUT2D eigenvalue weighted by molar-refractivity contribution is 0.446. The third-order valence-corrected chi connectivity index (χ3v) is 3.70. The van der Waals surface area contributed by atoms with Crippen LogP contribution in [0.3, 0.4) is 0 Å². The average Bonchev–Trinajstić information content (AvgIpc) is 3.13. The van der Waals surface area contributed by atoms with Crippen LogP contribution < -0.4 is 5.32 Å². The summed E-state index contributed by atoms with van der Waals surface area (Å²) in [5.41, 5.74) is 3.04. The maximum Gasteiger partial charge on any atom is 0.125 e. The first kappa shape index (κ1) is 12.1. The number of thiazole rings is 1. The van der Waals surface area contributed by atoms with Crippen LogP contribution in [0.4, 0.5) is 0 Å². The summed E-state index contributed by atoms with van der Waals surface area (Å²) in [5.74, 6) is 0.927. The average molecular weight is 270 g/mol. The number of aromatic nitrogens is 1. The summed E-state index contributed by atoms with van der Waals surface area (Å²) in [7, 11) is 0. The molecule has 0 aliphatic rings. The fourth-order valence-corrected chi connectivity index (χ4v) is 2.56. The molecule has 2 aromatic heterocycles. The zero-order chi connectivity index (χ0) is 12.9. The highest BCUT2D eigenvalue weighted by Crippen LogP contribution is 2.23. The van der Waals surface area contributed by atoms with Crippen LogP contribution in [-0.2, 0) is 6.54 Å². The Morgan fingerprint density at radius 1 is 1.16 bits per heavy atom. The van der Waals surface area contributed by atoms with Gasteiger partial charge in [-0.15, -0.1) is 11.3 Å². The molecule has 19 heavy (non-hydrogen) atoms. The molecule has 3 aromatic rings. The molecule has 0 aliphatic heterocycles. The van der Waals surface area contributed by atoms with E-state index in [-0.39, 0.29) is 6.04 Å². The Kier molecular flexibility index (Phi) is 3.72. The highest BCUT2D eigenvalue weighted by atomic mass is 32.1. The molecule has 0 saturated heterocycles. The number of nitrogens with zero attached hydrogens (tertiary/aromatic N) is 1. The first-order valence-corrected chi connectivity index (χ1v) is 7.00. The van der Waals surface area contributed by atoms with E-state index >= 15 is 0 Å². The summed E-state index contributed by atoms with van der Waals surface area (Å²) in [6, 6.07) is 14.3. The Balaban J connectivity index is 1.81. The van der Waals surface area contributed by atoms with Crippen molar-refractivity contribution < 1.29 is 4.42 Å². The van der Waals surface area contributed by atoms with Gasteiger partial charge < -0.3 is 4.42 Å². The molecule has 96 valence electrons. The molecule has 1 N–H and O–H groups in total. The summed E-state index contributed by atoms with van der Waals surface area (Å²) in [5, 5.41) is 3.52. The number of benzene rings is 1. The van der Waals surface area contributed by atoms with Crippen LogP contribution >= 0.6 is 11.3 Å². The minimum absolute atomic E-state index is 0.0679. The van der Waals surface area contributed by atoms with Crippen LogP contribution in [0.1, 0.15) is 22.2 Å². The number of hydrogen-bond donors (Lipinski definition) is 1. The molecule has 0 bridgehead atoms. The molecule has 1 atom stereocenters. The van der Waals surface area contributed by atoms with Crippen LogP contribution in [0, 0.1) is 0 Å². The van der Waals surface area contributed by atoms with Crippen molar-refractivity contribution >= 4 is 11.3 Å². The molecule has 0 radical (unpaired) electrons. The summed E-state index contributed by atoms with van der Waals surface area (Å²) in [6.07, 6.45) is 3.60. The molecule has 1 aromatic carbocycles. The molecular weight excluding hydrogens is 256 g/mol. The highest BCUT2D eigenvalue weighted by Gasteiger charge is 2.16. The molecule has 3 nitrogen and oxygen atoms in total. The van der Waals surface area contributed by atoms with Gasteiger partial charge in [0, 0.05) is 17.6 Å². The third-order valence-electron chi connectivity index (χ3n) is 2.92. The molecular formula is C15H14N2OS. The van der Waals surface area contributed by atoms with E-state index in [1.807, 2.05) is 42.0 Å². The maximum absolute atomic E-state index is 5.55. The number of hydrogen-bond acceptors (Lipinski definition) is 4. The second-order valence-electron chi connectivity index (χ2n) is 4.21. The largest absolute Gasteiger partial charge is 0.467 e. The van der Waals surface area contributed by atoms with Gasteiger partial charge in [0.15, 0.2) is 0 Å². The maximum atomic E-state index is 5.55. The second kappa shape index (κ2) is 5.82. The van der Waals surface area contributed by atoms with Gasteiger partial charge in [-0.05, 0) is 17.7 Å². The number of rotatable bonds is 5. The van der Waals surface area contributed by atoms with Crippen molar-refractivity contribution in [2.24, 2.45) is 0 Å². The van der Waals surface area contributed by atoms with E-state index in [2.05, 4.69) is 22.4 Å². The van der Waals surface area contributed by atoms with E-state index in [1.165, 1.54) is 10.4 Å². The molecule has 2 heterocycles. The molecule has 4 heteroatoms. The lowest BCUT2D eigenvalue weighted by Crippen LogP contribution is -2.21. The molecule has 3 rings (SSSR count). The minimum atomic E-state index is 0.0679. The first-order chi connectivity index (χ1) is 9.43. The van der Waals surface area contributed by atoms with Crippen LogP contribution in [-0.4, -0.2) is 4.98 Å². The zero-order valence-corrected chi connectivity index (χ0v) is 11.1. The summed E-state index contributed by atoms with van der Waals surface area (Å²) in [6.45, 7) is 0.783. The van der Waals surface area contributed by atoms with Crippen molar-refractivity contribution in [1.29, 1.82) is 0 Å². The highest BCUT2D eigenvalue weighted by molar-refractivity contribution is 7.09. The molecule has 0 fully saturated rings. The second-order valence-corrected chi connectivity index (χ2v) is 5.18. The molecule has 0 spiro atoms. The normalized spacial score (nSPS) is 12.4. The van der Waals surface area contributed by atoms with Crippen molar-refractivity contribution in [2.45, 2.75) is 12.6 Å². The smallest absolute Gasteiger partial charge is 0.125 e. The Hall–Kier alpha value is -1.91. The van der Waals surface area contributed by atoms with E-state index in [4.69, 9.17) is 4.42 Å². The predicted octanol–water partition coefficient (Wildman–Crippen LogP) is 3.62. The molecule has 0 saturated carbocycles. The summed E-state index contributed by atoms with van der Waals surface area (Å²) >= 11 is 1.65. The van der Waals surface area contributed by atoms with Gasteiger partial charge in [-0.3, -0.25) is 10.3 Å². The van der Waals surface area contributed by atoms with Gasteiger partial charge in [0.1, 0.15) is 5.76 Å². The van der Waals surface area contributed by atoms with Crippen LogP contribution in [0.25, 0.3) is 0 Å². The summed E-state index contributed by atoms with van der Waals surface area (Å²) < 4.78 is 5.55.